The summed E-state index contributed by atoms with van der Waals surface area (Å²) in [5.74, 6) is 1.26. The van der Waals surface area contributed by atoms with Gasteiger partial charge in [0.1, 0.15) is 5.75 Å². The fourth-order valence-electron chi connectivity index (χ4n) is 3.22. The zero-order valence-corrected chi connectivity index (χ0v) is 17.6. The van der Waals surface area contributed by atoms with Crippen LogP contribution in [-0.4, -0.2) is 16.3 Å². The summed E-state index contributed by atoms with van der Waals surface area (Å²) in [5.41, 5.74) is 2.21. The van der Waals surface area contributed by atoms with Gasteiger partial charge in [0.2, 0.25) is 5.95 Å². The highest BCUT2D eigenvalue weighted by Crippen LogP contribution is 2.26. The van der Waals surface area contributed by atoms with Gasteiger partial charge in [-0.05, 0) is 48.4 Å². The van der Waals surface area contributed by atoms with E-state index in [0.717, 1.165) is 21.4 Å². The molecule has 0 bridgehead atoms. The monoisotopic (exact) mass is 469 g/mol. The molecule has 2 N–H and O–H groups in total. The standard InChI is InChI=1S/C14H9BrF3N3O.C7H14/c15-8-1-6-11-12(7-8)21-13(20-11)19-9-2-4-10(5-3-9)22-14(16,17)18;1-7-5-3-2-4-6-7/h1-7H,(H2,19,20,21);7H,2-6H2,1H3. The van der Waals surface area contributed by atoms with E-state index in [1.165, 1.54) is 56.4 Å². The van der Waals surface area contributed by atoms with E-state index in [9.17, 15) is 13.2 Å². The average Bonchev–Trinajstić information content (AvgIpc) is 3.05. The molecule has 1 heterocycles. The Balaban J connectivity index is 0.000000290. The zero-order chi connectivity index (χ0) is 20.9. The molecule has 0 aliphatic heterocycles. The van der Waals surface area contributed by atoms with Crippen LogP contribution in [0.25, 0.3) is 11.0 Å². The quantitative estimate of drug-likeness (QED) is 0.416. The predicted octanol–water partition coefficient (Wildman–Crippen LogP) is 7.55. The molecular weight excluding hydrogens is 447 g/mol. The summed E-state index contributed by atoms with van der Waals surface area (Å²) in [7, 11) is 0. The third-order valence-electron chi connectivity index (χ3n) is 4.69. The van der Waals surface area contributed by atoms with Gasteiger partial charge in [0, 0.05) is 10.2 Å². The number of rotatable bonds is 3. The largest absolute Gasteiger partial charge is 0.573 e. The van der Waals surface area contributed by atoms with Gasteiger partial charge in [-0.25, -0.2) is 4.98 Å². The third-order valence-corrected chi connectivity index (χ3v) is 5.18. The number of imidazole rings is 1. The summed E-state index contributed by atoms with van der Waals surface area (Å²) in [6, 6.07) is 11.0. The van der Waals surface area contributed by atoms with Gasteiger partial charge in [-0.1, -0.05) is 55.0 Å². The molecule has 2 aromatic carbocycles. The van der Waals surface area contributed by atoms with Gasteiger partial charge in [-0.15, -0.1) is 13.2 Å². The smallest absolute Gasteiger partial charge is 0.406 e. The first-order chi connectivity index (χ1) is 13.8. The minimum atomic E-state index is -4.69. The number of hydrogen-bond acceptors (Lipinski definition) is 3. The number of nitrogens with one attached hydrogen (secondary N) is 2. The Labute approximate surface area is 176 Å². The number of nitrogens with zero attached hydrogens (tertiary/aromatic N) is 1. The van der Waals surface area contributed by atoms with Gasteiger partial charge in [-0.3, -0.25) is 0 Å². The summed E-state index contributed by atoms with van der Waals surface area (Å²) in [4.78, 5) is 7.41. The van der Waals surface area contributed by atoms with E-state index in [1.54, 1.807) is 0 Å². The summed E-state index contributed by atoms with van der Waals surface area (Å²) in [6.07, 6.45) is 2.74. The van der Waals surface area contributed by atoms with Crippen LogP contribution in [-0.2, 0) is 0 Å². The lowest BCUT2D eigenvalue weighted by atomic mass is 9.91. The fourth-order valence-corrected chi connectivity index (χ4v) is 3.59. The molecule has 1 aromatic heterocycles. The van der Waals surface area contributed by atoms with Gasteiger partial charge in [0.25, 0.3) is 0 Å². The van der Waals surface area contributed by atoms with Crippen LogP contribution >= 0.6 is 15.9 Å². The molecule has 0 saturated heterocycles. The molecule has 0 unspecified atom stereocenters. The van der Waals surface area contributed by atoms with E-state index < -0.39 is 6.36 Å². The maximum absolute atomic E-state index is 12.1. The third kappa shape index (κ3) is 6.96. The van der Waals surface area contributed by atoms with Gasteiger partial charge < -0.3 is 15.0 Å². The molecule has 0 atom stereocenters. The van der Waals surface area contributed by atoms with Crippen LogP contribution in [0.5, 0.6) is 5.75 Å². The minimum Gasteiger partial charge on any atom is -0.406 e. The molecule has 29 heavy (non-hydrogen) atoms. The Morgan fingerprint density at radius 2 is 1.76 bits per heavy atom. The van der Waals surface area contributed by atoms with Crippen molar-refractivity contribution in [3.8, 4) is 5.75 Å². The number of H-pyrrole nitrogens is 1. The molecule has 1 aliphatic carbocycles. The van der Waals surface area contributed by atoms with Crippen molar-refractivity contribution in [2.24, 2.45) is 5.92 Å². The molecule has 1 fully saturated rings. The lowest BCUT2D eigenvalue weighted by molar-refractivity contribution is -0.274. The zero-order valence-electron chi connectivity index (χ0n) is 16.0. The molecule has 1 saturated carbocycles. The molecule has 3 aromatic rings. The molecular formula is C21H23BrF3N3O. The van der Waals surface area contributed by atoms with E-state index >= 15 is 0 Å². The van der Waals surface area contributed by atoms with Crippen LogP contribution < -0.4 is 10.1 Å². The Morgan fingerprint density at radius 1 is 1.07 bits per heavy atom. The molecule has 4 nitrogen and oxygen atoms in total. The van der Waals surface area contributed by atoms with Crippen LogP contribution in [0.4, 0.5) is 24.8 Å². The Hall–Kier alpha value is -2.22. The Kier molecular flexibility index (Phi) is 7.05. The van der Waals surface area contributed by atoms with Crippen LogP contribution in [0.15, 0.2) is 46.9 Å². The number of aromatic amines is 1. The number of halogens is 4. The Morgan fingerprint density at radius 3 is 2.34 bits per heavy atom. The predicted molar refractivity (Wildman–Crippen MR) is 112 cm³/mol. The highest BCUT2D eigenvalue weighted by molar-refractivity contribution is 9.10. The number of hydrogen-bond donors (Lipinski definition) is 2. The van der Waals surface area contributed by atoms with Crippen molar-refractivity contribution in [2.45, 2.75) is 45.4 Å². The van der Waals surface area contributed by atoms with Crippen molar-refractivity contribution in [1.29, 1.82) is 0 Å². The number of alkyl halides is 3. The lowest BCUT2D eigenvalue weighted by Gasteiger charge is -2.15. The van der Waals surface area contributed by atoms with Crippen molar-refractivity contribution in [1.82, 2.24) is 9.97 Å². The van der Waals surface area contributed by atoms with Crippen molar-refractivity contribution >= 4 is 38.6 Å². The van der Waals surface area contributed by atoms with Gasteiger partial charge in [0.05, 0.1) is 11.0 Å². The maximum atomic E-state index is 12.1. The normalized spacial score (nSPS) is 14.9. The van der Waals surface area contributed by atoms with E-state index in [-0.39, 0.29) is 5.75 Å². The van der Waals surface area contributed by atoms with Crippen LogP contribution in [0.1, 0.15) is 39.0 Å². The summed E-state index contributed by atoms with van der Waals surface area (Å²) < 4.78 is 41.0. The van der Waals surface area contributed by atoms with Gasteiger partial charge >= 0.3 is 6.36 Å². The lowest BCUT2D eigenvalue weighted by Crippen LogP contribution is -2.16. The molecule has 8 heteroatoms. The summed E-state index contributed by atoms with van der Waals surface area (Å²) in [5, 5.41) is 2.98. The van der Waals surface area contributed by atoms with Crippen molar-refractivity contribution in [3.05, 3.63) is 46.9 Å². The highest BCUT2D eigenvalue weighted by atomic mass is 79.9. The number of benzene rings is 2. The fraction of sp³-hybridized carbons (Fsp3) is 0.381. The van der Waals surface area contributed by atoms with Crippen molar-refractivity contribution in [3.63, 3.8) is 0 Å². The van der Waals surface area contributed by atoms with Crippen molar-refractivity contribution < 1.29 is 17.9 Å². The Bertz CT molecular complexity index is 919. The SMILES string of the molecule is CC1CCCCC1.FC(F)(F)Oc1ccc(Nc2nc3ccc(Br)cc3[nH]2)cc1. The molecule has 0 spiro atoms. The first-order valence-electron chi connectivity index (χ1n) is 9.56. The average molecular weight is 470 g/mol. The highest BCUT2D eigenvalue weighted by Gasteiger charge is 2.30. The maximum Gasteiger partial charge on any atom is 0.573 e. The molecule has 4 rings (SSSR count). The van der Waals surface area contributed by atoms with E-state index in [4.69, 9.17) is 0 Å². The summed E-state index contributed by atoms with van der Waals surface area (Å²) >= 11 is 3.37. The van der Waals surface area contributed by atoms with Gasteiger partial charge in [-0.2, -0.15) is 0 Å². The summed E-state index contributed by atoms with van der Waals surface area (Å²) in [6.45, 7) is 2.36. The number of anilines is 2. The second-order valence-electron chi connectivity index (χ2n) is 7.19. The van der Waals surface area contributed by atoms with Crippen molar-refractivity contribution in [2.75, 3.05) is 5.32 Å². The molecule has 0 amide bonds. The first kappa shape index (κ1) is 21.5. The first-order valence-corrected chi connectivity index (χ1v) is 10.4. The van der Waals surface area contributed by atoms with Crippen LogP contribution in [0.3, 0.4) is 0 Å². The van der Waals surface area contributed by atoms with E-state index in [2.05, 4.69) is 42.9 Å². The van der Waals surface area contributed by atoms with Crippen LogP contribution in [0.2, 0.25) is 0 Å². The molecule has 1 aliphatic rings. The van der Waals surface area contributed by atoms with Crippen LogP contribution in [0, 0.1) is 5.92 Å². The molecule has 0 radical (unpaired) electrons. The molecule has 156 valence electrons. The second-order valence-corrected chi connectivity index (χ2v) is 8.10. The second kappa shape index (κ2) is 9.52. The van der Waals surface area contributed by atoms with E-state index in [0.29, 0.717) is 11.6 Å². The minimum absolute atomic E-state index is 0.272. The van der Waals surface area contributed by atoms with Gasteiger partial charge in [0.15, 0.2) is 0 Å². The van der Waals surface area contributed by atoms with E-state index in [1.807, 2.05) is 18.2 Å². The number of aromatic nitrogens is 2. The topological polar surface area (TPSA) is 49.9 Å². The number of ether oxygens (including phenoxy) is 1. The number of fused-ring (bicyclic) bond motifs is 1.